The molecule has 0 saturated heterocycles. The molecule has 0 aliphatic rings. The number of aryl methyl sites for hydroxylation is 1. The molecule has 1 N–H and O–H groups in total. The van der Waals surface area contributed by atoms with Gasteiger partial charge in [-0.15, -0.1) is 0 Å². The Bertz CT molecular complexity index is 1470. The molecule has 232 valence electrons. The first-order chi connectivity index (χ1) is 20.4. The van der Waals surface area contributed by atoms with Crippen molar-refractivity contribution in [2.75, 3.05) is 17.1 Å². The van der Waals surface area contributed by atoms with E-state index in [-0.39, 0.29) is 43.8 Å². The number of rotatable bonds is 15. The molecular weight excluding hydrogens is 605 g/mol. The Labute approximate surface area is 266 Å². The number of hydrogen-bond acceptors (Lipinski definition) is 4. The van der Waals surface area contributed by atoms with Gasteiger partial charge in [0.15, 0.2) is 0 Å². The fraction of sp³-hybridized carbons (Fsp3) is 0.394. The summed E-state index contributed by atoms with van der Waals surface area (Å²) in [7, 11) is -3.58. The lowest BCUT2D eigenvalue weighted by molar-refractivity contribution is -0.141. The van der Waals surface area contributed by atoms with E-state index >= 15 is 0 Å². The van der Waals surface area contributed by atoms with E-state index in [1.807, 2.05) is 63.2 Å². The fourth-order valence-corrected chi connectivity index (χ4v) is 6.02. The third-order valence-corrected chi connectivity index (χ3v) is 9.33. The predicted molar refractivity (Wildman–Crippen MR) is 176 cm³/mol. The van der Waals surface area contributed by atoms with Gasteiger partial charge in [0.25, 0.3) is 0 Å². The number of carbonyl (C=O) groups is 2. The zero-order valence-corrected chi connectivity index (χ0v) is 27.6. The van der Waals surface area contributed by atoms with Gasteiger partial charge in [0.05, 0.1) is 22.0 Å². The number of hydrogen-bond donors (Lipinski definition) is 1. The van der Waals surface area contributed by atoms with E-state index in [0.717, 1.165) is 35.8 Å². The molecule has 7 nitrogen and oxygen atoms in total. The Balaban J connectivity index is 1.90. The van der Waals surface area contributed by atoms with Crippen molar-refractivity contribution in [2.45, 2.75) is 71.5 Å². The van der Waals surface area contributed by atoms with Crippen molar-refractivity contribution in [1.29, 1.82) is 0 Å². The lowest BCUT2D eigenvalue weighted by Gasteiger charge is -2.33. The minimum atomic E-state index is -3.58. The molecule has 3 aromatic rings. The topological polar surface area (TPSA) is 86.8 Å². The number of nitrogens with zero attached hydrogens (tertiary/aromatic N) is 2. The van der Waals surface area contributed by atoms with Gasteiger partial charge in [-0.05, 0) is 67.1 Å². The molecule has 2 atom stereocenters. The molecule has 0 aromatic heterocycles. The summed E-state index contributed by atoms with van der Waals surface area (Å²) in [4.78, 5) is 29.2. The maximum absolute atomic E-state index is 14.0. The Kier molecular flexibility index (Phi) is 12.9. The number of sulfonamides is 1. The Hall–Kier alpha value is -3.07. The van der Waals surface area contributed by atoms with E-state index in [0.29, 0.717) is 22.2 Å². The quantitative estimate of drug-likeness (QED) is 0.200. The van der Waals surface area contributed by atoms with Crippen molar-refractivity contribution in [3.05, 3.63) is 99.5 Å². The standard InChI is InChI=1S/C33H41Cl2N3O4S/c1-5-24(3)36-33(40)31(22-26-11-8-7-9-12-26)37(23-27-16-19-29(34)30(35)21-27)32(39)13-10-20-38(43(4,41)42)28-17-14-25(6-2)15-18-28/h7-9,11-12,14-19,21,24,31H,5-6,10,13,20,22-23H2,1-4H3,(H,36,40)/t24-,31-/m1/s1. The number of benzene rings is 3. The largest absolute Gasteiger partial charge is 0.352 e. The van der Waals surface area contributed by atoms with Crippen LogP contribution in [-0.2, 0) is 39.0 Å². The Morgan fingerprint density at radius 3 is 2.12 bits per heavy atom. The van der Waals surface area contributed by atoms with E-state index < -0.39 is 16.1 Å². The highest BCUT2D eigenvalue weighted by Gasteiger charge is 2.31. The average molecular weight is 647 g/mol. The maximum Gasteiger partial charge on any atom is 0.243 e. The first-order valence-electron chi connectivity index (χ1n) is 14.6. The third-order valence-electron chi connectivity index (χ3n) is 7.39. The number of carbonyl (C=O) groups excluding carboxylic acids is 2. The first-order valence-corrected chi connectivity index (χ1v) is 17.2. The lowest BCUT2D eigenvalue weighted by Crippen LogP contribution is -2.52. The van der Waals surface area contributed by atoms with Gasteiger partial charge in [-0.3, -0.25) is 13.9 Å². The smallest absolute Gasteiger partial charge is 0.243 e. The van der Waals surface area contributed by atoms with Crippen LogP contribution < -0.4 is 9.62 Å². The minimum Gasteiger partial charge on any atom is -0.352 e. The summed E-state index contributed by atoms with van der Waals surface area (Å²) in [6, 6.07) is 21.2. The summed E-state index contributed by atoms with van der Waals surface area (Å²) in [5.74, 6) is -0.513. The zero-order chi connectivity index (χ0) is 31.6. The maximum atomic E-state index is 14.0. The van der Waals surface area contributed by atoms with E-state index in [9.17, 15) is 18.0 Å². The second-order valence-electron chi connectivity index (χ2n) is 10.8. The van der Waals surface area contributed by atoms with E-state index in [4.69, 9.17) is 23.2 Å². The number of amides is 2. The van der Waals surface area contributed by atoms with Crippen molar-refractivity contribution in [1.82, 2.24) is 10.2 Å². The van der Waals surface area contributed by atoms with Gasteiger partial charge in [-0.25, -0.2) is 8.42 Å². The lowest BCUT2D eigenvalue weighted by atomic mass is 10.0. The molecule has 0 heterocycles. The first kappa shape index (κ1) is 34.4. The summed E-state index contributed by atoms with van der Waals surface area (Å²) in [5.41, 5.74) is 3.29. The molecule has 0 aliphatic heterocycles. The second-order valence-corrected chi connectivity index (χ2v) is 13.5. The van der Waals surface area contributed by atoms with Gasteiger partial charge in [0.2, 0.25) is 21.8 Å². The van der Waals surface area contributed by atoms with Crippen LogP contribution in [0, 0.1) is 0 Å². The highest BCUT2D eigenvalue weighted by Crippen LogP contribution is 2.25. The van der Waals surface area contributed by atoms with Gasteiger partial charge in [0, 0.05) is 32.0 Å². The summed E-state index contributed by atoms with van der Waals surface area (Å²) in [6.07, 6.45) is 3.37. The van der Waals surface area contributed by atoms with E-state index in [2.05, 4.69) is 5.32 Å². The van der Waals surface area contributed by atoms with E-state index in [1.54, 1.807) is 35.2 Å². The van der Waals surface area contributed by atoms with Crippen LogP contribution in [0.4, 0.5) is 5.69 Å². The van der Waals surface area contributed by atoms with Crippen LogP contribution in [-0.4, -0.2) is 50.0 Å². The molecule has 2 amide bonds. The highest BCUT2D eigenvalue weighted by atomic mass is 35.5. The van der Waals surface area contributed by atoms with Crippen LogP contribution in [0.15, 0.2) is 72.8 Å². The molecule has 0 saturated carbocycles. The summed E-state index contributed by atoms with van der Waals surface area (Å²) in [6.45, 7) is 6.20. The van der Waals surface area contributed by atoms with Crippen molar-refractivity contribution in [2.24, 2.45) is 0 Å². The van der Waals surface area contributed by atoms with Crippen molar-refractivity contribution in [3.63, 3.8) is 0 Å². The molecule has 43 heavy (non-hydrogen) atoms. The van der Waals surface area contributed by atoms with Crippen molar-refractivity contribution in [3.8, 4) is 0 Å². The normalized spacial score (nSPS) is 12.8. The minimum absolute atomic E-state index is 0.0439. The van der Waals surface area contributed by atoms with Crippen LogP contribution in [0.25, 0.3) is 0 Å². The van der Waals surface area contributed by atoms with Crippen molar-refractivity contribution < 1.29 is 18.0 Å². The second kappa shape index (κ2) is 16.1. The van der Waals surface area contributed by atoms with Crippen LogP contribution >= 0.6 is 23.2 Å². The highest BCUT2D eigenvalue weighted by molar-refractivity contribution is 7.92. The molecule has 0 spiro atoms. The van der Waals surface area contributed by atoms with Crippen molar-refractivity contribution >= 4 is 50.7 Å². The summed E-state index contributed by atoms with van der Waals surface area (Å²) >= 11 is 12.4. The van der Waals surface area contributed by atoms with Gasteiger partial charge in [0.1, 0.15) is 6.04 Å². The third kappa shape index (κ3) is 10.3. The van der Waals surface area contributed by atoms with Gasteiger partial charge < -0.3 is 10.2 Å². The molecular formula is C33H41Cl2N3O4S. The molecule has 3 aromatic carbocycles. The van der Waals surface area contributed by atoms with Crippen LogP contribution in [0.1, 0.15) is 56.7 Å². The summed E-state index contributed by atoms with van der Waals surface area (Å²) in [5, 5.41) is 3.80. The monoisotopic (exact) mass is 645 g/mol. The van der Waals surface area contributed by atoms with Gasteiger partial charge in [-0.2, -0.15) is 0 Å². The number of nitrogens with one attached hydrogen (secondary N) is 1. The van der Waals surface area contributed by atoms with Crippen LogP contribution in [0.5, 0.6) is 0 Å². The molecule has 10 heteroatoms. The Morgan fingerprint density at radius 1 is 0.884 bits per heavy atom. The summed E-state index contributed by atoms with van der Waals surface area (Å²) < 4.78 is 26.7. The molecule has 0 radical (unpaired) electrons. The van der Waals surface area contributed by atoms with Gasteiger partial charge >= 0.3 is 0 Å². The molecule has 0 unspecified atom stereocenters. The molecule has 0 bridgehead atoms. The van der Waals surface area contributed by atoms with Crippen LogP contribution in [0.2, 0.25) is 10.0 Å². The molecule has 3 rings (SSSR count). The van der Waals surface area contributed by atoms with Crippen LogP contribution in [0.3, 0.4) is 0 Å². The SMILES string of the molecule is CCc1ccc(N(CCCC(=O)N(Cc2ccc(Cl)c(Cl)c2)[C@H](Cc2ccccc2)C(=O)N[C@H](C)CC)S(C)(=O)=O)cc1. The Morgan fingerprint density at radius 2 is 1.53 bits per heavy atom. The molecule has 0 aliphatic carbocycles. The number of anilines is 1. The van der Waals surface area contributed by atoms with Gasteiger partial charge in [-0.1, -0.05) is 85.6 Å². The van der Waals surface area contributed by atoms with E-state index in [1.165, 1.54) is 4.31 Å². The average Bonchev–Trinajstić information content (AvgIpc) is 2.98. The zero-order valence-electron chi connectivity index (χ0n) is 25.2. The molecule has 0 fully saturated rings. The number of halogens is 2. The predicted octanol–water partition coefficient (Wildman–Crippen LogP) is 6.66. The fourth-order valence-electron chi connectivity index (χ4n) is 4.73.